The molecule has 3 amide bonds. The minimum atomic E-state index is -1.10. The van der Waals surface area contributed by atoms with Crippen molar-refractivity contribution in [3.05, 3.63) is 93.3 Å². The number of fused-ring (bicyclic) bond motifs is 1. The van der Waals surface area contributed by atoms with Gasteiger partial charge < -0.3 is 34.9 Å². The summed E-state index contributed by atoms with van der Waals surface area (Å²) in [4.78, 5) is 50.2. The van der Waals surface area contributed by atoms with Gasteiger partial charge in [-0.05, 0) is 49.2 Å². The molecule has 4 rings (SSSR count). The molecule has 0 saturated carbocycles. The van der Waals surface area contributed by atoms with Crippen molar-refractivity contribution in [2.24, 2.45) is 0 Å². The highest BCUT2D eigenvalue weighted by atomic mass is 16.5. The van der Waals surface area contributed by atoms with Crippen LogP contribution in [0.25, 0.3) is 11.0 Å². The standard InChI is InChI=1S/C29H27N3O8/c1-16-4-9-23-20(12-16)26(33)21(15-40-23)28(35)32-22-14-25(39-3)24(38-2)13-19(22)27(34)31-18-7-5-17(6-8-18)10-11-30-29(36)37/h4-9,12-15,30H,10-11H2,1-3H3,(H,31,34)(H,32,35)(H,36,37). The molecule has 0 fully saturated rings. The number of carbonyl (C=O) groups excluding carboxylic acids is 2. The summed E-state index contributed by atoms with van der Waals surface area (Å²) in [6.45, 7) is 2.08. The van der Waals surface area contributed by atoms with E-state index < -0.39 is 23.3 Å². The topological polar surface area (TPSA) is 156 Å². The highest BCUT2D eigenvalue weighted by Crippen LogP contribution is 2.34. The molecule has 0 aliphatic rings. The van der Waals surface area contributed by atoms with Gasteiger partial charge in [-0.15, -0.1) is 0 Å². The predicted octanol–water partition coefficient (Wildman–Crippen LogP) is 4.43. The quantitative estimate of drug-likeness (QED) is 0.241. The Balaban J connectivity index is 1.61. The molecular weight excluding hydrogens is 518 g/mol. The van der Waals surface area contributed by atoms with Gasteiger partial charge in [0.2, 0.25) is 5.43 Å². The maximum absolute atomic E-state index is 13.3. The molecule has 4 N–H and O–H groups in total. The van der Waals surface area contributed by atoms with Crippen LogP contribution in [0.15, 0.2) is 70.1 Å². The van der Waals surface area contributed by atoms with Crippen molar-refractivity contribution < 1.29 is 33.4 Å². The number of methoxy groups -OCH3 is 2. The van der Waals surface area contributed by atoms with Crippen molar-refractivity contribution in [3.63, 3.8) is 0 Å². The van der Waals surface area contributed by atoms with Crippen LogP contribution >= 0.6 is 0 Å². The lowest BCUT2D eigenvalue weighted by molar-refractivity contribution is 0.102. The Morgan fingerprint density at radius 1 is 0.875 bits per heavy atom. The molecule has 0 spiro atoms. The summed E-state index contributed by atoms with van der Waals surface area (Å²) in [6, 6.07) is 14.8. The fraction of sp³-hybridized carbons (Fsp3) is 0.172. The second kappa shape index (κ2) is 12.0. The molecule has 0 bridgehead atoms. The summed E-state index contributed by atoms with van der Waals surface area (Å²) < 4.78 is 16.2. The maximum Gasteiger partial charge on any atom is 0.404 e. The number of rotatable bonds is 9. The molecule has 40 heavy (non-hydrogen) atoms. The van der Waals surface area contributed by atoms with E-state index in [-0.39, 0.29) is 40.2 Å². The lowest BCUT2D eigenvalue weighted by atomic mass is 10.1. The summed E-state index contributed by atoms with van der Waals surface area (Å²) in [6.07, 6.45) is 0.469. The molecule has 1 heterocycles. The fourth-order valence-electron chi connectivity index (χ4n) is 4.03. The molecule has 11 nitrogen and oxygen atoms in total. The Morgan fingerprint density at radius 3 is 2.23 bits per heavy atom. The van der Waals surface area contributed by atoms with Crippen LogP contribution in [-0.4, -0.2) is 43.8 Å². The molecule has 0 saturated heterocycles. The first-order valence-corrected chi connectivity index (χ1v) is 12.2. The predicted molar refractivity (Wildman–Crippen MR) is 149 cm³/mol. The van der Waals surface area contributed by atoms with Crippen molar-refractivity contribution >= 4 is 40.3 Å². The minimum Gasteiger partial charge on any atom is -0.493 e. The van der Waals surface area contributed by atoms with E-state index in [1.807, 2.05) is 6.92 Å². The van der Waals surface area contributed by atoms with E-state index in [4.69, 9.17) is 19.0 Å². The van der Waals surface area contributed by atoms with Crippen molar-refractivity contribution in [1.82, 2.24) is 5.32 Å². The highest BCUT2D eigenvalue weighted by Gasteiger charge is 2.21. The summed E-state index contributed by atoms with van der Waals surface area (Å²) in [5.41, 5.74) is 1.93. The zero-order valence-electron chi connectivity index (χ0n) is 22.0. The van der Waals surface area contributed by atoms with Crippen molar-refractivity contribution in [1.29, 1.82) is 0 Å². The number of carboxylic acid groups (broad SMARTS) is 1. The third-order valence-electron chi connectivity index (χ3n) is 6.09. The Bertz CT molecular complexity index is 1640. The average Bonchev–Trinajstić information content (AvgIpc) is 2.93. The number of hydrogen-bond donors (Lipinski definition) is 4. The van der Waals surface area contributed by atoms with Crippen LogP contribution in [0.5, 0.6) is 11.5 Å². The number of benzene rings is 3. The van der Waals surface area contributed by atoms with E-state index in [2.05, 4.69) is 16.0 Å². The SMILES string of the molecule is COc1cc(NC(=O)c2coc3ccc(C)cc3c2=O)c(C(=O)Nc2ccc(CCNC(=O)O)cc2)cc1OC. The van der Waals surface area contributed by atoms with E-state index in [0.29, 0.717) is 17.7 Å². The van der Waals surface area contributed by atoms with Gasteiger partial charge in [-0.3, -0.25) is 14.4 Å². The summed E-state index contributed by atoms with van der Waals surface area (Å²) in [5, 5.41) is 16.7. The smallest absolute Gasteiger partial charge is 0.404 e. The molecule has 11 heteroatoms. The van der Waals surface area contributed by atoms with Gasteiger partial charge in [0.25, 0.3) is 11.8 Å². The Labute approximate surface area is 228 Å². The molecule has 0 radical (unpaired) electrons. The zero-order chi connectivity index (χ0) is 28.8. The average molecular weight is 546 g/mol. The molecule has 0 aliphatic heterocycles. The van der Waals surface area contributed by atoms with Gasteiger partial charge in [0.1, 0.15) is 17.4 Å². The number of nitrogens with one attached hydrogen (secondary N) is 3. The number of carbonyl (C=O) groups is 3. The number of anilines is 2. The van der Waals surface area contributed by atoms with Gasteiger partial charge in [-0.25, -0.2) is 4.79 Å². The summed E-state index contributed by atoms with van der Waals surface area (Å²) >= 11 is 0. The number of ether oxygens (including phenoxy) is 2. The number of amides is 3. The van der Waals surface area contributed by atoms with Gasteiger partial charge in [-0.2, -0.15) is 0 Å². The monoisotopic (exact) mass is 545 g/mol. The lowest BCUT2D eigenvalue weighted by Gasteiger charge is -2.16. The largest absolute Gasteiger partial charge is 0.493 e. The first-order chi connectivity index (χ1) is 19.2. The molecular formula is C29H27N3O8. The number of hydrogen-bond acceptors (Lipinski definition) is 7. The second-order valence-electron chi connectivity index (χ2n) is 8.82. The Morgan fingerprint density at radius 2 is 1.55 bits per heavy atom. The van der Waals surface area contributed by atoms with Crippen molar-refractivity contribution in [2.75, 3.05) is 31.4 Å². The van der Waals surface area contributed by atoms with Crippen LogP contribution in [0.2, 0.25) is 0 Å². The zero-order valence-corrected chi connectivity index (χ0v) is 22.0. The Hall–Kier alpha value is -5.32. The summed E-state index contributed by atoms with van der Waals surface area (Å²) in [5.74, 6) is -0.807. The van der Waals surface area contributed by atoms with Crippen molar-refractivity contribution in [2.45, 2.75) is 13.3 Å². The van der Waals surface area contributed by atoms with Crippen LogP contribution in [0.4, 0.5) is 16.2 Å². The maximum atomic E-state index is 13.3. The third kappa shape index (κ3) is 6.21. The molecule has 1 aromatic heterocycles. The van der Waals surface area contributed by atoms with Crippen LogP contribution in [-0.2, 0) is 6.42 Å². The van der Waals surface area contributed by atoms with Crippen LogP contribution in [0.3, 0.4) is 0 Å². The fourth-order valence-corrected chi connectivity index (χ4v) is 4.03. The van der Waals surface area contributed by atoms with Crippen LogP contribution in [0.1, 0.15) is 31.8 Å². The summed E-state index contributed by atoms with van der Waals surface area (Å²) in [7, 11) is 2.83. The third-order valence-corrected chi connectivity index (χ3v) is 6.09. The van der Waals surface area contributed by atoms with Gasteiger partial charge in [0.05, 0.1) is 30.9 Å². The molecule has 0 atom stereocenters. The molecule has 3 aromatic carbocycles. The lowest BCUT2D eigenvalue weighted by Crippen LogP contribution is -2.23. The molecule has 206 valence electrons. The highest BCUT2D eigenvalue weighted by molar-refractivity contribution is 6.13. The van der Waals surface area contributed by atoms with E-state index in [9.17, 15) is 19.2 Å². The van der Waals surface area contributed by atoms with Crippen LogP contribution in [0, 0.1) is 6.92 Å². The molecule has 4 aromatic rings. The first kappa shape index (κ1) is 27.7. The van der Waals surface area contributed by atoms with Gasteiger partial charge in [-0.1, -0.05) is 23.8 Å². The number of aryl methyl sites for hydroxylation is 1. The minimum absolute atomic E-state index is 0.0572. The van der Waals surface area contributed by atoms with Gasteiger partial charge in [0.15, 0.2) is 11.5 Å². The van der Waals surface area contributed by atoms with E-state index in [1.165, 1.54) is 26.4 Å². The van der Waals surface area contributed by atoms with E-state index >= 15 is 0 Å². The van der Waals surface area contributed by atoms with Gasteiger partial charge >= 0.3 is 6.09 Å². The van der Waals surface area contributed by atoms with E-state index in [1.54, 1.807) is 42.5 Å². The van der Waals surface area contributed by atoms with Gasteiger partial charge in [0, 0.05) is 18.3 Å². The second-order valence-corrected chi connectivity index (χ2v) is 8.82. The normalized spacial score (nSPS) is 10.6. The van der Waals surface area contributed by atoms with Crippen LogP contribution < -0.4 is 30.9 Å². The van der Waals surface area contributed by atoms with E-state index in [0.717, 1.165) is 17.4 Å². The molecule has 0 unspecified atom stereocenters. The Kier molecular flexibility index (Phi) is 8.33. The molecule has 0 aliphatic carbocycles. The first-order valence-electron chi connectivity index (χ1n) is 12.2. The van der Waals surface area contributed by atoms with Crippen molar-refractivity contribution in [3.8, 4) is 11.5 Å².